The van der Waals surface area contributed by atoms with Gasteiger partial charge in [0.25, 0.3) is 0 Å². The van der Waals surface area contributed by atoms with Crippen LogP contribution in [0, 0.1) is 6.92 Å². The molecule has 1 heterocycles. The fourth-order valence-electron chi connectivity index (χ4n) is 1.37. The summed E-state index contributed by atoms with van der Waals surface area (Å²) >= 11 is 0. The van der Waals surface area contributed by atoms with Gasteiger partial charge in [0.1, 0.15) is 11.4 Å². The Bertz CT molecular complexity index is 578. The van der Waals surface area contributed by atoms with Crippen LogP contribution in [0.2, 0.25) is 0 Å². The van der Waals surface area contributed by atoms with Gasteiger partial charge in [-0.2, -0.15) is 0 Å². The van der Waals surface area contributed by atoms with E-state index < -0.39 is 23.5 Å². The van der Waals surface area contributed by atoms with Crippen LogP contribution in [-0.2, 0) is 14.3 Å². The van der Waals surface area contributed by atoms with E-state index in [1.165, 1.54) is 6.20 Å². The molecule has 114 valence electrons. The van der Waals surface area contributed by atoms with Crippen molar-refractivity contribution in [2.75, 3.05) is 10.6 Å². The summed E-state index contributed by atoms with van der Waals surface area (Å²) in [5.74, 6) is -1.74. The Kier molecular flexibility index (Phi) is 4.85. The third kappa shape index (κ3) is 5.47. The average Bonchev–Trinajstić information content (AvgIpc) is 2.30. The first-order valence-electron chi connectivity index (χ1n) is 6.16. The molecule has 0 radical (unpaired) electrons. The number of nitrogens with zero attached hydrogens (tertiary/aromatic N) is 1. The fourth-order valence-corrected chi connectivity index (χ4v) is 1.37. The van der Waals surface area contributed by atoms with Crippen LogP contribution >= 0.6 is 0 Å². The van der Waals surface area contributed by atoms with Gasteiger partial charge in [0, 0.05) is 0 Å². The molecule has 0 unspecified atom stereocenters. The first-order valence-corrected chi connectivity index (χ1v) is 6.16. The van der Waals surface area contributed by atoms with Gasteiger partial charge in [-0.3, -0.25) is 14.9 Å². The average molecular weight is 294 g/mol. The minimum Gasteiger partial charge on any atom is -0.444 e. The third-order valence-electron chi connectivity index (χ3n) is 2.18. The lowest BCUT2D eigenvalue weighted by Crippen LogP contribution is -2.29. The van der Waals surface area contributed by atoms with Crippen LogP contribution in [0.25, 0.3) is 0 Å². The van der Waals surface area contributed by atoms with E-state index in [2.05, 4.69) is 15.6 Å². The Morgan fingerprint density at radius 3 is 2.33 bits per heavy atom. The molecular weight excluding hydrogens is 276 g/mol. The molecule has 0 saturated heterocycles. The highest BCUT2D eigenvalue weighted by Gasteiger charge is 2.17. The molecule has 0 aliphatic heterocycles. The lowest BCUT2D eigenvalue weighted by Gasteiger charge is -2.20. The van der Waals surface area contributed by atoms with E-state index in [9.17, 15) is 14.4 Å². The lowest BCUT2D eigenvalue weighted by atomic mass is 10.2. The number of ether oxygens (including phenoxy) is 1. The molecule has 0 aromatic carbocycles. The van der Waals surface area contributed by atoms with E-state index in [0.717, 1.165) is 0 Å². The Morgan fingerprint density at radius 2 is 1.86 bits per heavy atom. The summed E-state index contributed by atoms with van der Waals surface area (Å²) in [6, 6.07) is 1.54. The van der Waals surface area contributed by atoms with Crippen molar-refractivity contribution >= 4 is 29.4 Å². The van der Waals surface area contributed by atoms with Gasteiger partial charge in [-0.25, -0.2) is 9.78 Å². The molecule has 0 saturated carbocycles. The number of anilines is 2. The molecule has 1 aromatic rings. The summed E-state index contributed by atoms with van der Waals surface area (Å²) in [4.78, 5) is 37.4. The first-order chi connectivity index (χ1) is 9.58. The number of carbonyl (C=O) groups excluding carboxylic acids is 3. The van der Waals surface area contributed by atoms with Gasteiger partial charge in [0.2, 0.25) is 0 Å². The number of primary amides is 1. The number of aromatic nitrogens is 1. The second kappa shape index (κ2) is 6.21. The largest absolute Gasteiger partial charge is 0.444 e. The van der Waals surface area contributed by atoms with Gasteiger partial charge < -0.3 is 15.8 Å². The zero-order valence-corrected chi connectivity index (χ0v) is 12.3. The monoisotopic (exact) mass is 294 g/mol. The van der Waals surface area contributed by atoms with Crippen LogP contribution in [0.3, 0.4) is 0 Å². The zero-order chi connectivity index (χ0) is 16.2. The summed E-state index contributed by atoms with van der Waals surface area (Å²) < 4.78 is 5.10. The number of hydrogen-bond donors (Lipinski definition) is 3. The van der Waals surface area contributed by atoms with Crippen molar-refractivity contribution < 1.29 is 19.1 Å². The smallest absolute Gasteiger partial charge is 0.413 e. The van der Waals surface area contributed by atoms with E-state index in [1.807, 2.05) is 0 Å². The van der Waals surface area contributed by atoms with E-state index in [4.69, 9.17) is 10.5 Å². The Hall–Kier alpha value is -2.64. The van der Waals surface area contributed by atoms with Crippen molar-refractivity contribution in [2.45, 2.75) is 33.3 Å². The van der Waals surface area contributed by atoms with Crippen LogP contribution in [0.15, 0.2) is 12.3 Å². The molecule has 0 aliphatic rings. The van der Waals surface area contributed by atoms with Gasteiger partial charge in [0.05, 0.1) is 11.9 Å². The molecule has 0 aliphatic carbocycles. The minimum absolute atomic E-state index is 0.293. The van der Waals surface area contributed by atoms with E-state index >= 15 is 0 Å². The second-order valence-electron chi connectivity index (χ2n) is 5.33. The standard InChI is InChI=1S/C13H18N4O4/c1-7-5-8(16-11(19)9(14)18)6-15-10(7)17-12(20)21-13(2,3)4/h5-6H,1-4H3,(H2,14,18)(H,16,19)(H,15,17,20). The number of aryl methyl sites for hydroxylation is 1. The van der Waals surface area contributed by atoms with Gasteiger partial charge in [-0.1, -0.05) is 0 Å². The molecule has 4 N–H and O–H groups in total. The molecule has 1 rings (SSSR count). The third-order valence-corrected chi connectivity index (χ3v) is 2.18. The van der Waals surface area contributed by atoms with Gasteiger partial charge in [0.15, 0.2) is 0 Å². The molecule has 21 heavy (non-hydrogen) atoms. The zero-order valence-electron chi connectivity index (χ0n) is 12.3. The van der Waals surface area contributed by atoms with E-state index in [-0.39, 0.29) is 0 Å². The Labute approximate surface area is 122 Å². The number of carbonyl (C=O) groups is 3. The Balaban J connectivity index is 2.77. The number of nitrogens with two attached hydrogens (primary N) is 1. The normalized spacial score (nSPS) is 10.7. The maximum Gasteiger partial charge on any atom is 0.413 e. The van der Waals surface area contributed by atoms with Gasteiger partial charge >= 0.3 is 17.9 Å². The van der Waals surface area contributed by atoms with Gasteiger partial charge in [-0.15, -0.1) is 0 Å². The van der Waals surface area contributed by atoms with Crippen molar-refractivity contribution in [3.8, 4) is 0 Å². The number of pyridine rings is 1. The predicted octanol–water partition coefficient (Wildman–Crippen LogP) is 1.16. The predicted molar refractivity (Wildman–Crippen MR) is 76.7 cm³/mol. The number of amides is 3. The number of nitrogens with one attached hydrogen (secondary N) is 2. The van der Waals surface area contributed by atoms with Crippen molar-refractivity contribution in [1.29, 1.82) is 0 Å². The SMILES string of the molecule is Cc1cc(NC(=O)C(N)=O)cnc1NC(=O)OC(C)(C)C. The van der Waals surface area contributed by atoms with Crippen molar-refractivity contribution in [3.05, 3.63) is 17.8 Å². The van der Waals surface area contributed by atoms with E-state index in [1.54, 1.807) is 33.8 Å². The summed E-state index contributed by atoms with van der Waals surface area (Å²) in [5, 5.41) is 4.77. The molecule has 0 atom stereocenters. The number of rotatable bonds is 2. The Morgan fingerprint density at radius 1 is 1.24 bits per heavy atom. The van der Waals surface area contributed by atoms with Crippen LogP contribution in [0.4, 0.5) is 16.3 Å². The molecule has 0 spiro atoms. The fraction of sp³-hybridized carbons (Fsp3) is 0.385. The highest BCUT2D eigenvalue weighted by molar-refractivity contribution is 6.39. The number of hydrogen-bond acceptors (Lipinski definition) is 5. The first kappa shape index (κ1) is 16.4. The topological polar surface area (TPSA) is 123 Å². The van der Waals surface area contributed by atoms with E-state index in [0.29, 0.717) is 17.1 Å². The van der Waals surface area contributed by atoms with Crippen LogP contribution in [0.1, 0.15) is 26.3 Å². The van der Waals surface area contributed by atoms with Crippen molar-refractivity contribution in [3.63, 3.8) is 0 Å². The summed E-state index contributed by atoms with van der Waals surface area (Å²) in [7, 11) is 0. The van der Waals surface area contributed by atoms with Crippen molar-refractivity contribution in [2.24, 2.45) is 5.73 Å². The molecule has 0 bridgehead atoms. The molecule has 8 nitrogen and oxygen atoms in total. The maximum atomic E-state index is 11.6. The molecule has 0 fully saturated rings. The maximum absolute atomic E-state index is 11.6. The quantitative estimate of drug-likeness (QED) is 0.706. The van der Waals surface area contributed by atoms with Gasteiger partial charge in [-0.05, 0) is 39.3 Å². The molecule has 3 amide bonds. The minimum atomic E-state index is -1.09. The van der Waals surface area contributed by atoms with Crippen molar-refractivity contribution in [1.82, 2.24) is 4.98 Å². The van der Waals surface area contributed by atoms with Crippen LogP contribution < -0.4 is 16.4 Å². The summed E-state index contributed by atoms with van der Waals surface area (Å²) in [6.45, 7) is 6.92. The second-order valence-corrected chi connectivity index (χ2v) is 5.33. The highest BCUT2D eigenvalue weighted by Crippen LogP contribution is 2.17. The molecule has 8 heteroatoms. The highest BCUT2D eigenvalue weighted by atomic mass is 16.6. The van der Waals surface area contributed by atoms with Crippen LogP contribution in [0.5, 0.6) is 0 Å². The lowest BCUT2D eigenvalue weighted by molar-refractivity contribution is -0.134. The van der Waals surface area contributed by atoms with Crippen LogP contribution in [-0.4, -0.2) is 28.5 Å². The molecular formula is C13H18N4O4. The summed E-state index contributed by atoms with van der Waals surface area (Å²) in [6.07, 6.45) is 0.660. The summed E-state index contributed by atoms with van der Waals surface area (Å²) in [5.41, 5.74) is 5.10. The molecule has 1 aromatic heterocycles.